The van der Waals surface area contributed by atoms with E-state index in [4.69, 9.17) is 16.3 Å². The van der Waals surface area contributed by atoms with Crippen molar-refractivity contribution in [3.63, 3.8) is 0 Å². The van der Waals surface area contributed by atoms with Crippen molar-refractivity contribution in [2.24, 2.45) is 0 Å². The molecule has 1 saturated carbocycles. The fraction of sp³-hybridized carbons (Fsp3) is 0.588. The van der Waals surface area contributed by atoms with E-state index in [1.165, 1.54) is 6.42 Å². The van der Waals surface area contributed by atoms with Gasteiger partial charge in [0.1, 0.15) is 5.75 Å². The van der Waals surface area contributed by atoms with Crippen molar-refractivity contribution < 1.29 is 9.53 Å². The number of benzene rings is 1. The van der Waals surface area contributed by atoms with Gasteiger partial charge in [0.05, 0.1) is 6.61 Å². The quantitative estimate of drug-likeness (QED) is 0.677. The van der Waals surface area contributed by atoms with Gasteiger partial charge in [0.25, 0.3) is 5.91 Å². The highest BCUT2D eigenvalue weighted by Gasteiger charge is 2.29. The van der Waals surface area contributed by atoms with Crippen LogP contribution in [0.1, 0.15) is 49.4 Å². The number of alkyl halides is 1. The highest BCUT2D eigenvalue weighted by atomic mass is 35.5. The Bertz CT molecular complexity index is 460. The number of ether oxygens (including phenoxy) is 1. The third-order valence-electron chi connectivity index (χ3n) is 3.86. The van der Waals surface area contributed by atoms with Crippen molar-refractivity contribution in [1.29, 1.82) is 0 Å². The number of nitrogens with zero attached hydrogens (tertiary/aromatic N) is 1. The van der Waals surface area contributed by atoms with E-state index < -0.39 is 0 Å². The summed E-state index contributed by atoms with van der Waals surface area (Å²) >= 11 is 5.79. The average molecular weight is 310 g/mol. The summed E-state index contributed by atoms with van der Waals surface area (Å²) in [5, 5.41) is 0. The number of halogens is 1. The Morgan fingerprint density at radius 3 is 2.86 bits per heavy atom. The van der Waals surface area contributed by atoms with Crippen LogP contribution in [-0.4, -0.2) is 35.9 Å². The smallest absolute Gasteiger partial charge is 0.254 e. The van der Waals surface area contributed by atoms with Crippen LogP contribution in [0, 0.1) is 0 Å². The van der Waals surface area contributed by atoms with E-state index in [0.29, 0.717) is 24.1 Å². The van der Waals surface area contributed by atoms with E-state index in [2.05, 4.69) is 6.92 Å². The standard InChI is InChI=1S/C17H24ClNO2/c1-2-12-21-16-9-3-6-14(13-16)17(20)19(11-5-10-18)15-7-4-8-15/h3,6,9,13,15H,2,4-5,7-8,10-12H2,1H3. The van der Waals surface area contributed by atoms with Crippen molar-refractivity contribution in [2.45, 2.75) is 45.1 Å². The van der Waals surface area contributed by atoms with Gasteiger partial charge in [0.15, 0.2) is 0 Å². The maximum absolute atomic E-state index is 12.7. The lowest BCUT2D eigenvalue weighted by Crippen LogP contribution is -2.44. The third-order valence-corrected chi connectivity index (χ3v) is 4.13. The van der Waals surface area contributed by atoms with Gasteiger partial charge in [-0.25, -0.2) is 0 Å². The number of amides is 1. The summed E-state index contributed by atoms with van der Waals surface area (Å²) in [6.07, 6.45) is 5.24. The summed E-state index contributed by atoms with van der Waals surface area (Å²) < 4.78 is 5.62. The van der Waals surface area contributed by atoms with Gasteiger partial charge < -0.3 is 9.64 Å². The lowest BCUT2D eigenvalue weighted by molar-refractivity contribution is 0.0580. The van der Waals surface area contributed by atoms with E-state index in [9.17, 15) is 4.79 Å². The fourth-order valence-corrected chi connectivity index (χ4v) is 2.60. The summed E-state index contributed by atoms with van der Waals surface area (Å²) in [5.41, 5.74) is 0.713. The number of hydrogen-bond donors (Lipinski definition) is 0. The first kappa shape index (κ1) is 16.2. The first-order valence-corrected chi connectivity index (χ1v) is 8.39. The highest BCUT2D eigenvalue weighted by molar-refractivity contribution is 6.17. The summed E-state index contributed by atoms with van der Waals surface area (Å²) in [5.74, 6) is 1.47. The second kappa shape index (κ2) is 8.28. The lowest BCUT2D eigenvalue weighted by atomic mass is 9.91. The van der Waals surface area contributed by atoms with Gasteiger partial charge in [0, 0.05) is 24.0 Å². The van der Waals surface area contributed by atoms with Crippen molar-refractivity contribution >= 4 is 17.5 Å². The molecule has 3 nitrogen and oxygen atoms in total. The molecule has 21 heavy (non-hydrogen) atoms. The number of hydrogen-bond acceptors (Lipinski definition) is 2. The van der Waals surface area contributed by atoms with Gasteiger partial charge in [-0.3, -0.25) is 4.79 Å². The highest BCUT2D eigenvalue weighted by Crippen LogP contribution is 2.27. The van der Waals surface area contributed by atoms with Gasteiger partial charge in [-0.1, -0.05) is 13.0 Å². The first-order valence-electron chi connectivity index (χ1n) is 7.86. The molecule has 0 unspecified atom stereocenters. The lowest BCUT2D eigenvalue weighted by Gasteiger charge is -2.37. The Kier molecular flexibility index (Phi) is 6.37. The minimum Gasteiger partial charge on any atom is -0.494 e. The predicted molar refractivity (Wildman–Crippen MR) is 86.2 cm³/mol. The minimum atomic E-state index is 0.103. The van der Waals surface area contributed by atoms with Crippen LogP contribution >= 0.6 is 11.6 Å². The summed E-state index contributed by atoms with van der Waals surface area (Å²) in [6.45, 7) is 3.49. The van der Waals surface area contributed by atoms with Crippen molar-refractivity contribution in [3.05, 3.63) is 29.8 Å². The molecule has 0 aliphatic heterocycles. The maximum atomic E-state index is 12.7. The Labute approximate surface area is 132 Å². The predicted octanol–water partition coefficient (Wildman–Crippen LogP) is 4.10. The Morgan fingerprint density at radius 2 is 2.24 bits per heavy atom. The van der Waals surface area contributed by atoms with E-state index in [0.717, 1.165) is 38.0 Å². The summed E-state index contributed by atoms with van der Waals surface area (Å²) in [7, 11) is 0. The molecule has 0 N–H and O–H groups in total. The number of carbonyl (C=O) groups excluding carboxylic acids is 1. The normalized spacial score (nSPS) is 14.6. The fourth-order valence-electron chi connectivity index (χ4n) is 2.48. The molecule has 1 aromatic rings. The average Bonchev–Trinajstić information content (AvgIpc) is 2.47. The molecule has 0 saturated heterocycles. The van der Waals surface area contributed by atoms with Crippen LogP contribution in [0.2, 0.25) is 0 Å². The van der Waals surface area contributed by atoms with Crippen LogP contribution in [0.25, 0.3) is 0 Å². The molecular weight excluding hydrogens is 286 g/mol. The summed E-state index contributed by atoms with van der Waals surface area (Å²) in [4.78, 5) is 14.7. The van der Waals surface area contributed by atoms with E-state index in [1.54, 1.807) is 0 Å². The molecule has 1 aromatic carbocycles. The number of rotatable bonds is 8. The van der Waals surface area contributed by atoms with Crippen LogP contribution in [0.3, 0.4) is 0 Å². The Hall–Kier alpha value is -1.22. The largest absolute Gasteiger partial charge is 0.494 e. The summed E-state index contributed by atoms with van der Waals surface area (Å²) in [6, 6.07) is 7.90. The molecule has 2 rings (SSSR count). The van der Waals surface area contributed by atoms with Crippen molar-refractivity contribution in [1.82, 2.24) is 4.90 Å². The van der Waals surface area contributed by atoms with Crippen molar-refractivity contribution in [3.8, 4) is 5.75 Å². The second-order valence-electron chi connectivity index (χ2n) is 5.50. The Balaban J connectivity index is 2.07. The van der Waals surface area contributed by atoms with Crippen LogP contribution in [-0.2, 0) is 0 Å². The van der Waals surface area contributed by atoms with Crippen LogP contribution < -0.4 is 4.74 Å². The van der Waals surface area contributed by atoms with Gasteiger partial charge >= 0.3 is 0 Å². The van der Waals surface area contributed by atoms with Crippen LogP contribution in [0.4, 0.5) is 0 Å². The van der Waals surface area contributed by atoms with E-state index in [1.807, 2.05) is 29.2 Å². The first-order chi connectivity index (χ1) is 10.3. The van der Waals surface area contributed by atoms with E-state index in [-0.39, 0.29) is 5.91 Å². The van der Waals surface area contributed by atoms with Gasteiger partial charge in [-0.15, -0.1) is 11.6 Å². The molecule has 1 aliphatic rings. The van der Waals surface area contributed by atoms with Gasteiger partial charge in [-0.05, 0) is 50.3 Å². The maximum Gasteiger partial charge on any atom is 0.254 e. The molecule has 0 bridgehead atoms. The minimum absolute atomic E-state index is 0.103. The molecule has 4 heteroatoms. The second-order valence-corrected chi connectivity index (χ2v) is 5.88. The van der Waals surface area contributed by atoms with Crippen molar-refractivity contribution in [2.75, 3.05) is 19.0 Å². The van der Waals surface area contributed by atoms with E-state index >= 15 is 0 Å². The van der Waals surface area contributed by atoms with Gasteiger partial charge in [-0.2, -0.15) is 0 Å². The Morgan fingerprint density at radius 1 is 1.43 bits per heavy atom. The topological polar surface area (TPSA) is 29.5 Å². The molecule has 0 atom stereocenters. The SMILES string of the molecule is CCCOc1cccc(C(=O)N(CCCCl)C2CCC2)c1. The molecule has 0 aromatic heterocycles. The molecule has 0 spiro atoms. The zero-order chi connectivity index (χ0) is 15.1. The van der Waals surface area contributed by atoms with Crippen LogP contribution in [0.15, 0.2) is 24.3 Å². The molecule has 1 aliphatic carbocycles. The zero-order valence-electron chi connectivity index (χ0n) is 12.7. The molecular formula is C17H24ClNO2. The molecule has 116 valence electrons. The zero-order valence-corrected chi connectivity index (χ0v) is 13.4. The molecule has 1 fully saturated rings. The molecule has 1 amide bonds. The molecule has 0 heterocycles. The molecule has 0 radical (unpaired) electrons. The van der Waals surface area contributed by atoms with Crippen LogP contribution in [0.5, 0.6) is 5.75 Å². The number of carbonyl (C=O) groups is 1. The van der Waals surface area contributed by atoms with Gasteiger partial charge in [0.2, 0.25) is 0 Å². The monoisotopic (exact) mass is 309 g/mol. The third kappa shape index (κ3) is 4.37.